The van der Waals surface area contributed by atoms with E-state index in [9.17, 15) is 0 Å². The summed E-state index contributed by atoms with van der Waals surface area (Å²) in [6, 6.07) is 10.2. The summed E-state index contributed by atoms with van der Waals surface area (Å²) in [6.45, 7) is 8.88. The third-order valence-corrected chi connectivity index (χ3v) is 2.37. The van der Waals surface area contributed by atoms with Crippen LogP contribution in [-0.2, 0) is 4.74 Å². The highest BCUT2D eigenvalue weighted by Gasteiger charge is 2.08. The van der Waals surface area contributed by atoms with Crippen molar-refractivity contribution in [3.05, 3.63) is 60.2 Å². The second kappa shape index (κ2) is 8.43. The van der Waals surface area contributed by atoms with Gasteiger partial charge >= 0.3 is 0 Å². The number of ether oxygens (including phenoxy) is 1. The van der Waals surface area contributed by atoms with Gasteiger partial charge in [-0.05, 0) is 25.5 Å². The Labute approximate surface area is 110 Å². The first kappa shape index (κ1) is 14.4. The van der Waals surface area contributed by atoms with Gasteiger partial charge in [0, 0.05) is 6.21 Å². The molecule has 0 spiro atoms. The van der Waals surface area contributed by atoms with Crippen LogP contribution in [0.5, 0.6) is 0 Å². The number of hydrogen-bond donors (Lipinski definition) is 0. The van der Waals surface area contributed by atoms with Crippen molar-refractivity contribution >= 4 is 6.21 Å². The third kappa shape index (κ3) is 5.60. The SMILES string of the molecule is C=CCOC[C@H](N=CC=C(C)C)c1ccccc1. The van der Waals surface area contributed by atoms with E-state index >= 15 is 0 Å². The molecule has 0 aliphatic carbocycles. The van der Waals surface area contributed by atoms with E-state index in [1.807, 2.05) is 30.5 Å². The molecule has 0 bridgehead atoms. The molecular weight excluding hydrogens is 222 g/mol. The Balaban J connectivity index is 2.72. The molecule has 0 saturated heterocycles. The van der Waals surface area contributed by atoms with Crippen LogP contribution in [0, 0.1) is 0 Å². The van der Waals surface area contributed by atoms with Crippen molar-refractivity contribution in [1.82, 2.24) is 0 Å². The quantitative estimate of drug-likeness (QED) is 0.403. The van der Waals surface area contributed by atoms with Crippen LogP contribution in [0.4, 0.5) is 0 Å². The molecule has 0 saturated carbocycles. The molecule has 0 fully saturated rings. The zero-order valence-corrected chi connectivity index (χ0v) is 11.2. The second-order valence-corrected chi connectivity index (χ2v) is 4.29. The summed E-state index contributed by atoms with van der Waals surface area (Å²) >= 11 is 0. The van der Waals surface area contributed by atoms with Gasteiger partial charge in [0.05, 0.1) is 19.3 Å². The molecule has 1 atom stereocenters. The molecule has 0 radical (unpaired) electrons. The van der Waals surface area contributed by atoms with Gasteiger partial charge in [0.15, 0.2) is 0 Å². The molecule has 2 nitrogen and oxygen atoms in total. The van der Waals surface area contributed by atoms with Gasteiger partial charge in [-0.1, -0.05) is 42.0 Å². The Morgan fingerprint density at radius 2 is 2.06 bits per heavy atom. The average molecular weight is 243 g/mol. The minimum Gasteiger partial charge on any atom is -0.375 e. The lowest BCUT2D eigenvalue weighted by atomic mass is 10.1. The zero-order chi connectivity index (χ0) is 13.2. The number of rotatable bonds is 7. The Morgan fingerprint density at radius 1 is 1.33 bits per heavy atom. The Morgan fingerprint density at radius 3 is 2.67 bits per heavy atom. The van der Waals surface area contributed by atoms with Crippen LogP contribution >= 0.6 is 0 Å². The van der Waals surface area contributed by atoms with E-state index in [1.54, 1.807) is 6.08 Å². The number of hydrogen-bond acceptors (Lipinski definition) is 2. The van der Waals surface area contributed by atoms with Crippen molar-refractivity contribution in [1.29, 1.82) is 0 Å². The van der Waals surface area contributed by atoms with Gasteiger partial charge in [-0.25, -0.2) is 0 Å². The molecule has 0 aliphatic heterocycles. The predicted octanol–water partition coefficient (Wildman–Crippen LogP) is 3.97. The van der Waals surface area contributed by atoms with Crippen LogP contribution < -0.4 is 0 Å². The zero-order valence-electron chi connectivity index (χ0n) is 11.2. The van der Waals surface area contributed by atoms with Gasteiger partial charge in [0.25, 0.3) is 0 Å². The van der Waals surface area contributed by atoms with Crippen LogP contribution in [0.2, 0.25) is 0 Å². The summed E-state index contributed by atoms with van der Waals surface area (Å²) in [5.41, 5.74) is 2.40. The van der Waals surface area contributed by atoms with Gasteiger partial charge in [0.1, 0.15) is 0 Å². The van der Waals surface area contributed by atoms with Crippen molar-refractivity contribution in [2.24, 2.45) is 4.99 Å². The first-order valence-corrected chi connectivity index (χ1v) is 6.14. The molecule has 0 unspecified atom stereocenters. The van der Waals surface area contributed by atoms with E-state index < -0.39 is 0 Å². The van der Waals surface area contributed by atoms with Crippen LogP contribution in [0.3, 0.4) is 0 Å². The van der Waals surface area contributed by atoms with Gasteiger partial charge in [-0.15, -0.1) is 6.58 Å². The van der Waals surface area contributed by atoms with Crippen LogP contribution in [0.1, 0.15) is 25.5 Å². The molecule has 96 valence electrons. The highest BCUT2D eigenvalue weighted by atomic mass is 16.5. The van der Waals surface area contributed by atoms with Crippen molar-refractivity contribution in [2.45, 2.75) is 19.9 Å². The summed E-state index contributed by atoms with van der Waals surface area (Å²) in [6.07, 6.45) is 5.61. The molecule has 1 aromatic carbocycles. The van der Waals surface area contributed by atoms with E-state index in [1.165, 1.54) is 11.1 Å². The van der Waals surface area contributed by atoms with Crippen molar-refractivity contribution in [3.8, 4) is 0 Å². The lowest BCUT2D eigenvalue weighted by molar-refractivity contribution is 0.148. The van der Waals surface area contributed by atoms with Gasteiger partial charge in [-0.3, -0.25) is 4.99 Å². The van der Waals surface area contributed by atoms with E-state index in [0.29, 0.717) is 13.2 Å². The fraction of sp³-hybridized carbons (Fsp3) is 0.312. The Bertz CT molecular complexity index is 402. The molecule has 0 heterocycles. The van der Waals surface area contributed by atoms with Crippen LogP contribution in [0.25, 0.3) is 0 Å². The minimum absolute atomic E-state index is 0.0433. The van der Waals surface area contributed by atoms with Crippen molar-refractivity contribution < 1.29 is 4.74 Å². The van der Waals surface area contributed by atoms with Gasteiger partial charge < -0.3 is 4.74 Å². The summed E-state index contributed by atoms with van der Waals surface area (Å²) < 4.78 is 5.50. The molecule has 0 aliphatic rings. The number of benzene rings is 1. The Hall–Kier alpha value is -1.67. The Kier molecular flexibility index (Phi) is 6.74. The minimum atomic E-state index is 0.0433. The van der Waals surface area contributed by atoms with E-state index in [-0.39, 0.29) is 6.04 Å². The molecule has 1 aromatic rings. The van der Waals surface area contributed by atoms with Crippen LogP contribution in [-0.4, -0.2) is 19.4 Å². The molecule has 1 rings (SSSR count). The number of allylic oxidation sites excluding steroid dienone is 2. The fourth-order valence-corrected chi connectivity index (χ4v) is 1.46. The monoisotopic (exact) mass is 243 g/mol. The highest BCUT2D eigenvalue weighted by Crippen LogP contribution is 2.17. The summed E-state index contributed by atoms with van der Waals surface area (Å²) in [5, 5.41) is 0. The van der Waals surface area contributed by atoms with Crippen LogP contribution in [0.15, 0.2) is 59.6 Å². The van der Waals surface area contributed by atoms with E-state index in [4.69, 9.17) is 4.74 Å². The number of aliphatic imine (C=N–C) groups is 1. The molecular formula is C16H21NO. The largest absolute Gasteiger partial charge is 0.375 e. The highest BCUT2D eigenvalue weighted by molar-refractivity contribution is 5.72. The lowest BCUT2D eigenvalue weighted by Crippen LogP contribution is -2.06. The standard InChI is InChI=1S/C16H21NO/c1-4-12-18-13-16(17-11-10-14(2)3)15-8-6-5-7-9-15/h4-11,16H,1,12-13H2,2-3H3/t16-/m0/s1. The van der Waals surface area contributed by atoms with E-state index in [0.717, 1.165) is 0 Å². The molecule has 0 N–H and O–H groups in total. The smallest absolute Gasteiger partial charge is 0.0982 e. The molecule has 18 heavy (non-hydrogen) atoms. The predicted molar refractivity (Wildman–Crippen MR) is 78.1 cm³/mol. The third-order valence-electron chi connectivity index (χ3n) is 2.37. The normalized spacial score (nSPS) is 12.3. The van der Waals surface area contributed by atoms with E-state index in [2.05, 4.69) is 37.6 Å². The maximum absolute atomic E-state index is 5.50. The lowest BCUT2D eigenvalue weighted by Gasteiger charge is -2.12. The average Bonchev–Trinajstić information content (AvgIpc) is 2.38. The maximum atomic E-state index is 5.50. The summed E-state index contributed by atoms with van der Waals surface area (Å²) in [4.78, 5) is 4.55. The topological polar surface area (TPSA) is 21.6 Å². The second-order valence-electron chi connectivity index (χ2n) is 4.29. The number of nitrogens with zero attached hydrogens (tertiary/aromatic N) is 1. The van der Waals surface area contributed by atoms with Crippen molar-refractivity contribution in [3.63, 3.8) is 0 Å². The fourth-order valence-electron chi connectivity index (χ4n) is 1.46. The first-order valence-electron chi connectivity index (χ1n) is 6.14. The van der Waals surface area contributed by atoms with Gasteiger partial charge in [0.2, 0.25) is 0 Å². The molecule has 0 amide bonds. The summed E-state index contributed by atoms with van der Waals surface area (Å²) in [7, 11) is 0. The van der Waals surface area contributed by atoms with Gasteiger partial charge in [-0.2, -0.15) is 0 Å². The maximum Gasteiger partial charge on any atom is 0.0982 e. The summed E-state index contributed by atoms with van der Waals surface area (Å²) in [5.74, 6) is 0. The first-order chi connectivity index (χ1) is 8.74. The molecule has 2 heteroatoms. The molecule has 0 aromatic heterocycles. The van der Waals surface area contributed by atoms with Crippen molar-refractivity contribution in [2.75, 3.05) is 13.2 Å².